The third-order valence-corrected chi connectivity index (χ3v) is 4.18. The van der Waals surface area contributed by atoms with Crippen LogP contribution in [0.5, 0.6) is 5.75 Å². The van der Waals surface area contributed by atoms with Crippen molar-refractivity contribution in [3.8, 4) is 5.75 Å². The first-order valence-corrected chi connectivity index (χ1v) is 6.54. The molecule has 0 unspecified atom stereocenters. The lowest BCUT2D eigenvalue weighted by molar-refractivity contribution is 0.00578. The van der Waals surface area contributed by atoms with Gasteiger partial charge in [0.15, 0.2) is 0 Å². The molecule has 19 heavy (non-hydrogen) atoms. The number of halogens is 1. The van der Waals surface area contributed by atoms with E-state index in [0.717, 1.165) is 5.46 Å². The molecule has 1 aliphatic heterocycles. The fourth-order valence-electron chi connectivity index (χ4n) is 1.92. The first-order chi connectivity index (χ1) is 8.68. The summed E-state index contributed by atoms with van der Waals surface area (Å²) in [6.45, 7) is 7.98. The molecule has 1 aromatic rings. The largest absolute Gasteiger partial charge is 0.496 e. The summed E-state index contributed by atoms with van der Waals surface area (Å²) < 4.78 is 17.0. The number of rotatable bonds is 2. The topological polar surface area (TPSA) is 53.7 Å². The number of methoxy groups -OCH3 is 1. The molecular weight excluding hydrogens is 264 g/mol. The molecule has 1 aromatic carbocycles. The second-order valence-corrected chi connectivity index (χ2v) is 6.11. The molecule has 104 valence electrons. The highest BCUT2D eigenvalue weighted by molar-refractivity contribution is 6.65. The van der Waals surface area contributed by atoms with Crippen molar-refractivity contribution in [1.82, 2.24) is 0 Å². The molecule has 1 fully saturated rings. The van der Waals surface area contributed by atoms with Gasteiger partial charge in [0.2, 0.25) is 0 Å². The zero-order valence-corrected chi connectivity index (χ0v) is 12.7. The Morgan fingerprint density at radius 3 is 2.16 bits per heavy atom. The van der Waals surface area contributed by atoms with E-state index in [9.17, 15) is 0 Å². The van der Waals surface area contributed by atoms with Crippen LogP contribution >= 0.6 is 11.6 Å². The van der Waals surface area contributed by atoms with Crippen LogP contribution in [-0.4, -0.2) is 25.4 Å². The molecule has 1 saturated heterocycles. The number of nitrogen functional groups attached to an aromatic ring is 1. The summed E-state index contributed by atoms with van der Waals surface area (Å²) >= 11 is 6.25. The van der Waals surface area contributed by atoms with Crippen molar-refractivity contribution in [2.45, 2.75) is 38.9 Å². The molecule has 0 aromatic heterocycles. The minimum atomic E-state index is -0.522. The van der Waals surface area contributed by atoms with Crippen LogP contribution in [0.2, 0.25) is 5.02 Å². The normalized spacial score (nSPS) is 20.6. The first kappa shape index (κ1) is 14.5. The average Bonchev–Trinajstić information content (AvgIpc) is 2.50. The van der Waals surface area contributed by atoms with Gasteiger partial charge >= 0.3 is 7.12 Å². The third-order valence-electron chi connectivity index (χ3n) is 3.86. The maximum atomic E-state index is 6.25. The van der Waals surface area contributed by atoms with Crippen molar-refractivity contribution in [3.63, 3.8) is 0 Å². The van der Waals surface area contributed by atoms with Crippen LogP contribution in [0.4, 0.5) is 5.69 Å². The van der Waals surface area contributed by atoms with E-state index in [1.54, 1.807) is 19.2 Å². The smallest absolute Gasteiger partial charge is 0.495 e. The molecule has 0 radical (unpaired) electrons. The number of hydrogen-bond donors (Lipinski definition) is 1. The maximum Gasteiger partial charge on any atom is 0.496 e. The fourth-order valence-corrected chi connectivity index (χ4v) is 2.16. The molecule has 2 rings (SSSR count). The molecule has 2 N–H and O–H groups in total. The number of hydrogen-bond acceptors (Lipinski definition) is 4. The van der Waals surface area contributed by atoms with E-state index < -0.39 is 18.3 Å². The highest BCUT2D eigenvalue weighted by Crippen LogP contribution is 2.37. The van der Waals surface area contributed by atoms with E-state index in [2.05, 4.69) is 0 Å². The molecule has 0 bridgehead atoms. The maximum absolute atomic E-state index is 6.25. The zero-order valence-electron chi connectivity index (χ0n) is 11.9. The molecule has 0 spiro atoms. The van der Waals surface area contributed by atoms with Crippen LogP contribution in [0.15, 0.2) is 12.1 Å². The summed E-state index contributed by atoms with van der Waals surface area (Å²) in [5.41, 5.74) is 6.33. The quantitative estimate of drug-likeness (QED) is 0.668. The Hall–Kier alpha value is -0.905. The van der Waals surface area contributed by atoms with Gasteiger partial charge in [-0.1, -0.05) is 11.6 Å². The van der Waals surface area contributed by atoms with Crippen LogP contribution in [0.1, 0.15) is 27.7 Å². The standard InChI is InChI=1S/C13H19BClNO3/c1-12(2)13(3,4)19-14(18-12)8-6-10(16)11(17-5)7-9(8)15/h6-7H,16H2,1-5H3. The van der Waals surface area contributed by atoms with Gasteiger partial charge < -0.3 is 19.8 Å². The summed E-state index contributed by atoms with van der Waals surface area (Å²) in [6.07, 6.45) is 0. The highest BCUT2D eigenvalue weighted by atomic mass is 35.5. The fraction of sp³-hybridized carbons (Fsp3) is 0.538. The van der Waals surface area contributed by atoms with E-state index in [0.29, 0.717) is 16.5 Å². The van der Waals surface area contributed by atoms with Crippen molar-refractivity contribution in [1.29, 1.82) is 0 Å². The zero-order chi connectivity index (χ0) is 14.4. The molecule has 0 amide bonds. The Balaban J connectivity index is 2.37. The molecule has 4 nitrogen and oxygen atoms in total. The van der Waals surface area contributed by atoms with Gasteiger partial charge in [0.05, 0.1) is 24.0 Å². The van der Waals surface area contributed by atoms with Crippen LogP contribution in [-0.2, 0) is 9.31 Å². The van der Waals surface area contributed by atoms with Gasteiger partial charge in [0.25, 0.3) is 0 Å². The van der Waals surface area contributed by atoms with Crippen molar-refractivity contribution in [2.24, 2.45) is 0 Å². The minimum Gasteiger partial charge on any atom is -0.495 e. The monoisotopic (exact) mass is 283 g/mol. The second-order valence-electron chi connectivity index (χ2n) is 5.70. The first-order valence-electron chi connectivity index (χ1n) is 6.16. The van der Waals surface area contributed by atoms with Crippen LogP contribution in [0.3, 0.4) is 0 Å². The summed E-state index contributed by atoms with van der Waals surface area (Å²) in [4.78, 5) is 0. The Kier molecular flexibility index (Phi) is 3.50. The Bertz CT molecular complexity index is 489. The lowest BCUT2D eigenvalue weighted by Crippen LogP contribution is -2.41. The van der Waals surface area contributed by atoms with Gasteiger partial charge in [-0.2, -0.15) is 0 Å². The van der Waals surface area contributed by atoms with Crippen molar-refractivity contribution >= 4 is 29.9 Å². The lowest BCUT2D eigenvalue weighted by Gasteiger charge is -2.32. The van der Waals surface area contributed by atoms with E-state index in [-0.39, 0.29) is 0 Å². The van der Waals surface area contributed by atoms with E-state index in [1.165, 1.54) is 0 Å². The molecule has 1 heterocycles. The van der Waals surface area contributed by atoms with E-state index >= 15 is 0 Å². The number of nitrogens with two attached hydrogens (primary N) is 1. The van der Waals surface area contributed by atoms with Gasteiger partial charge in [-0.25, -0.2) is 0 Å². The van der Waals surface area contributed by atoms with Crippen molar-refractivity contribution < 1.29 is 14.0 Å². The van der Waals surface area contributed by atoms with Gasteiger partial charge in [-0.3, -0.25) is 0 Å². The highest BCUT2D eigenvalue weighted by Gasteiger charge is 2.52. The van der Waals surface area contributed by atoms with Gasteiger partial charge in [0, 0.05) is 16.6 Å². The molecule has 0 aliphatic carbocycles. The van der Waals surface area contributed by atoms with Crippen LogP contribution < -0.4 is 15.9 Å². The van der Waals surface area contributed by atoms with Crippen LogP contribution in [0.25, 0.3) is 0 Å². The summed E-state index contributed by atoms with van der Waals surface area (Å²) in [7, 11) is 1.03. The van der Waals surface area contributed by atoms with Gasteiger partial charge in [-0.15, -0.1) is 0 Å². The van der Waals surface area contributed by atoms with Crippen molar-refractivity contribution in [3.05, 3.63) is 17.2 Å². The molecule has 0 saturated carbocycles. The second kappa shape index (κ2) is 4.58. The number of ether oxygens (including phenoxy) is 1. The summed E-state index contributed by atoms with van der Waals surface area (Å²) in [6, 6.07) is 3.42. The number of benzene rings is 1. The predicted octanol–water partition coefficient (Wildman–Crippen LogP) is 2.23. The Morgan fingerprint density at radius 1 is 1.16 bits per heavy atom. The van der Waals surface area contributed by atoms with E-state index in [4.69, 9.17) is 31.4 Å². The van der Waals surface area contributed by atoms with Crippen LogP contribution in [0, 0.1) is 0 Å². The van der Waals surface area contributed by atoms with Crippen molar-refractivity contribution in [2.75, 3.05) is 12.8 Å². The Labute approximate surface area is 119 Å². The summed E-state index contributed by atoms with van der Waals surface area (Å²) in [5.74, 6) is 0.547. The molecular formula is C13H19BClNO3. The average molecular weight is 284 g/mol. The third kappa shape index (κ3) is 2.42. The summed E-state index contributed by atoms with van der Waals surface area (Å²) in [5, 5.41) is 0.518. The lowest BCUT2D eigenvalue weighted by atomic mass is 9.78. The predicted molar refractivity (Wildman–Crippen MR) is 78.1 cm³/mol. The van der Waals surface area contributed by atoms with Gasteiger partial charge in [-0.05, 0) is 33.8 Å². The molecule has 6 heteroatoms. The minimum absolute atomic E-state index is 0.407. The Morgan fingerprint density at radius 2 is 1.68 bits per heavy atom. The SMILES string of the molecule is COc1cc(Cl)c(B2OC(C)(C)C(C)(C)O2)cc1N. The number of anilines is 1. The molecule has 1 aliphatic rings. The van der Waals surface area contributed by atoms with Gasteiger partial charge in [0.1, 0.15) is 5.75 Å². The van der Waals surface area contributed by atoms with E-state index in [1.807, 2.05) is 27.7 Å². The molecule has 0 atom stereocenters.